The lowest BCUT2D eigenvalue weighted by atomic mass is 10.1. The maximum Gasteiger partial charge on any atom is 0.129 e. The first kappa shape index (κ1) is 15.5. The fourth-order valence-electron chi connectivity index (χ4n) is 2.46. The summed E-state index contributed by atoms with van der Waals surface area (Å²) >= 11 is 0. The fourth-order valence-corrected chi connectivity index (χ4v) is 2.46. The number of aromatic nitrogens is 1. The van der Waals surface area contributed by atoms with Crippen LogP contribution >= 0.6 is 0 Å². The average molecular weight is 283 g/mol. The molecule has 0 aliphatic rings. The Morgan fingerprint density at radius 2 is 2.10 bits per heavy atom. The number of pyridine rings is 1. The van der Waals surface area contributed by atoms with Crippen molar-refractivity contribution in [3.63, 3.8) is 0 Å². The van der Waals surface area contributed by atoms with E-state index in [9.17, 15) is 0 Å². The van der Waals surface area contributed by atoms with E-state index < -0.39 is 0 Å². The lowest BCUT2D eigenvalue weighted by Gasteiger charge is -2.20. The lowest BCUT2D eigenvalue weighted by Crippen LogP contribution is -2.21. The highest BCUT2D eigenvalue weighted by atomic mass is 15.2. The van der Waals surface area contributed by atoms with E-state index in [4.69, 9.17) is 4.98 Å². The Bertz CT molecular complexity index is 619. The SMILES string of the molecule is C=C(C)CN(C)c1cc(CNCCC)c2ccccc2n1. The summed E-state index contributed by atoms with van der Waals surface area (Å²) in [5, 5.41) is 4.72. The normalized spacial score (nSPS) is 10.8. The third kappa shape index (κ3) is 4.05. The van der Waals surface area contributed by atoms with Crippen molar-refractivity contribution in [3.05, 3.63) is 48.0 Å². The second-order valence-corrected chi connectivity index (χ2v) is 5.65. The molecule has 2 aromatic rings. The number of fused-ring (bicyclic) bond motifs is 1. The van der Waals surface area contributed by atoms with Gasteiger partial charge in [-0.1, -0.05) is 37.3 Å². The maximum absolute atomic E-state index is 4.77. The van der Waals surface area contributed by atoms with E-state index in [1.54, 1.807) is 0 Å². The monoisotopic (exact) mass is 283 g/mol. The van der Waals surface area contributed by atoms with Crippen molar-refractivity contribution in [2.45, 2.75) is 26.8 Å². The summed E-state index contributed by atoms with van der Waals surface area (Å²) < 4.78 is 0. The van der Waals surface area contributed by atoms with Crippen LogP contribution in [0.15, 0.2) is 42.5 Å². The van der Waals surface area contributed by atoms with Crippen molar-refractivity contribution >= 4 is 16.7 Å². The summed E-state index contributed by atoms with van der Waals surface area (Å²) in [5.41, 5.74) is 3.49. The first-order chi connectivity index (χ1) is 10.1. The van der Waals surface area contributed by atoms with Crippen molar-refractivity contribution < 1.29 is 0 Å². The number of benzene rings is 1. The first-order valence-electron chi connectivity index (χ1n) is 7.56. The van der Waals surface area contributed by atoms with Crippen LogP contribution in [-0.4, -0.2) is 25.1 Å². The van der Waals surface area contributed by atoms with E-state index >= 15 is 0 Å². The molecule has 0 saturated heterocycles. The smallest absolute Gasteiger partial charge is 0.129 e. The van der Waals surface area contributed by atoms with Gasteiger partial charge in [0.1, 0.15) is 5.82 Å². The zero-order chi connectivity index (χ0) is 15.2. The molecule has 0 aliphatic heterocycles. The van der Waals surface area contributed by atoms with E-state index in [-0.39, 0.29) is 0 Å². The molecule has 3 nitrogen and oxygen atoms in total. The Kier molecular flexibility index (Phi) is 5.34. The summed E-state index contributed by atoms with van der Waals surface area (Å²) in [4.78, 5) is 6.93. The molecule has 1 heterocycles. The van der Waals surface area contributed by atoms with Crippen molar-refractivity contribution in [1.29, 1.82) is 0 Å². The van der Waals surface area contributed by atoms with Crippen LogP contribution in [0.4, 0.5) is 5.82 Å². The quantitative estimate of drug-likeness (QED) is 0.619. The number of hydrogen-bond acceptors (Lipinski definition) is 3. The number of likely N-dealkylation sites (N-methyl/N-ethyl adjacent to an activating group) is 1. The Morgan fingerprint density at radius 3 is 2.81 bits per heavy atom. The molecule has 0 aliphatic carbocycles. The molecule has 1 aromatic heterocycles. The first-order valence-corrected chi connectivity index (χ1v) is 7.56. The molecule has 0 amide bonds. The fraction of sp³-hybridized carbons (Fsp3) is 0.389. The second kappa shape index (κ2) is 7.23. The van der Waals surface area contributed by atoms with E-state index in [1.807, 2.05) is 13.0 Å². The Morgan fingerprint density at radius 1 is 1.33 bits per heavy atom. The zero-order valence-electron chi connectivity index (χ0n) is 13.3. The number of hydrogen-bond donors (Lipinski definition) is 1. The van der Waals surface area contributed by atoms with Gasteiger partial charge in [0.15, 0.2) is 0 Å². The number of para-hydroxylation sites is 1. The Hall–Kier alpha value is -1.87. The van der Waals surface area contributed by atoms with Crippen molar-refractivity contribution in [2.24, 2.45) is 0 Å². The van der Waals surface area contributed by atoms with Crippen LogP contribution < -0.4 is 10.2 Å². The molecular weight excluding hydrogens is 258 g/mol. The zero-order valence-corrected chi connectivity index (χ0v) is 13.3. The third-order valence-electron chi connectivity index (χ3n) is 3.43. The molecule has 21 heavy (non-hydrogen) atoms. The van der Waals surface area contributed by atoms with Crippen LogP contribution in [0.5, 0.6) is 0 Å². The molecule has 112 valence electrons. The van der Waals surface area contributed by atoms with Crippen molar-refractivity contribution in [2.75, 3.05) is 25.0 Å². The number of rotatable bonds is 7. The van der Waals surface area contributed by atoms with Crippen LogP contribution in [0, 0.1) is 0 Å². The minimum Gasteiger partial charge on any atom is -0.356 e. The van der Waals surface area contributed by atoms with Crippen LogP contribution in [0.25, 0.3) is 10.9 Å². The van der Waals surface area contributed by atoms with Gasteiger partial charge in [0.25, 0.3) is 0 Å². The molecule has 1 N–H and O–H groups in total. The van der Waals surface area contributed by atoms with Crippen LogP contribution in [0.3, 0.4) is 0 Å². The average Bonchev–Trinajstić information content (AvgIpc) is 2.46. The highest BCUT2D eigenvalue weighted by Crippen LogP contribution is 2.22. The molecule has 0 spiro atoms. The van der Waals surface area contributed by atoms with Gasteiger partial charge in [0.2, 0.25) is 0 Å². The second-order valence-electron chi connectivity index (χ2n) is 5.65. The van der Waals surface area contributed by atoms with Crippen LogP contribution in [0.1, 0.15) is 25.8 Å². The summed E-state index contributed by atoms with van der Waals surface area (Å²) in [6, 6.07) is 10.5. The molecular formula is C18H25N3. The summed E-state index contributed by atoms with van der Waals surface area (Å²) in [6.07, 6.45) is 1.14. The van der Waals surface area contributed by atoms with Gasteiger partial charge in [-0.15, -0.1) is 0 Å². The molecule has 0 fully saturated rings. The lowest BCUT2D eigenvalue weighted by molar-refractivity contribution is 0.677. The predicted molar refractivity (Wildman–Crippen MR) is 91.8 cm³/mol. The molecule has 0 saturated carbocycles. The molecule has 2 rings (SSSR count). The van der Waals surface area contributed by atoms with E-state index in [1.165, 1.54) is 10.9 Å². The van der Waals surface area contributed by atoms with Gasteiger partial charge in [0.05, 0.1) is 5.52 Å². The summed E-state index contributed by atoms with van der Waals surface area (Å²) in [5.74, 6) is 1.00. The molecule has 3 heteroatoms. The molecule has 0 bridgehead atoms. The number of nitrogens with zero attached hydrogens (tertiary/aromatic N) is 2. The standard InChI is InChI=1S/C18H25N3/c1-5-10-19-12-15-11-18(21(4)13-14(2)3)20-17-9-7-6-8-16(15)17/h6-9,11,19H,2,5,10,12-13H2,1,3-4H3. The van der Waals surface area contributed by atoms with Gasteiger partial charge in [-0.25, -0.2) is 4.98 Å². The van der Waals surface area contributed by atoms with E-state index in [0.717, 1.165) is 43.0 Å². The largest absolute Gasteiger partial charge is 0.356 e. The van der Waals surface area contributed by atoms with Gasteiger partial charge >= 0.3 is 0 Å². The highest BCUT2D eigenvalue weighted by molar-refractivity contribution is 5.84. The van der Waals surface area contributed by atoms with E-state index in [0.29, 0.717) is 0 Å². The molecule has 0 atom stereocenters. The molecule has 0 radical (unpaired) electrons. The highest BCUT2D eigenvalue weighted by Gasteiger charge is 2.08. The van der Waals surface area contributed by atoms with Gasteiger partial charge in [-0.2, -0.15) is 0 Å². The maximum atomic E-state index is 4.77. The van der Waals surface area contributed by atoms with E-state index in [2.05, 4.69) is 55.0 Å². The van der Waals surface area contributed by atoms with Gasteiger partial charge in [-0.3, -0.25) is 0 Å². The van der Waals surface area contributed by atoms with Gasteiger partial charge < -0.3 is 10.2 Å². The minimum absolute atomic E-state index is 0.827. The third-order valence-corrected chi connectivity index (χ3v) is 3.43. The minimum atomic E-state index is 0.827. The van der Waals surface area contributed by atoms with Gasteiger partial charge in [0, 0.05) is 25.5 Å². The van der Waals surface area contributed by atoms with Crippen LogP contribution in [0.2, 0.25) is 0 Å². The van der Waals surface area contributed by atoms with Crippen molar-refractivity contribution in [1.82, 2.24) is 10.3 Å². The Labute approximate surface area is 127 Å². The predicted octanol–water partition coefficient (Wildman–Crippen LogP) is 3.75. The topological polar surface area (TPSA) is 28.2 Å². The van der Waals surface area contributed by atoms with Crippen molar-refractivity contribution in [3.8, 4) is 0 Å². The van der Waals surface area contributed by atoms with Gasteiger partial charge in [-0.05, 0) is 37.6 Å². The summed E-state index contributed by atoms with van der Waals surface area (Å²) in [7, 11) is 2.06. The molecule has 1 aromatic carbocycles. The number of nitrogens with one attached hydrogen (secondary N) is 1. The Balaban J connectivity index is 2.36. The number of anilines is 1. The molecule has 0 unspecified atom stereocenters. The van der Waals surface area contributed by atoms with Crippen LogP contribution in [-0.2, 0) is 6.54 Å². The summed E-state index contributed by atoms with van der Waals surface area (Å²) in [6.45, 7) is 11.0.